The van der Waals surface area contributed by atoms with E-state index in [2.05, 4.69) is 10.1 Å². The van der Waals surface area contributed by atoms with E-state index in [0.717, 1.165) is 5.56 Å². The molecular weight excluding hydrogens is 376 g/mol. The molecule has 0 spiro atoms. The molecule has 3 aromatic rings. The molecule has 8 nitrogen and oxygen atoms in total. The Morgan fingerprint density at radius 3 is 2.52 bits per heavy atom. The summed E-state index contributed by atoms with van der Waals surface area (Å²) in [5, 5.41) is 3.90. The van der Waals surface area contributed by atoms with Crippen LogP contribution in [0.1, 0.15) is 11.5 Å². The van der Waals surface area contributed by atoms with Crippen molar-refractivity contribution in [1.29, 1.82) is 0 Å². The quantitative estimate of drug-likeness (QED) is 0.422. The Labute approximate surface area is 167 Å². The third-order valence-electron chi connectivity index (χ3n) is 3.97. The highest BCUT2D eigenvalue weighted by Gasteiger charge is 2.13. The highest BCUT2D eigenvalue weighted by Crippen LogP contribution is 2.28. The summed E-state index contributed by atoms with van der Waals surface area (Å²) in [6, 6.07) is 12.6. The lowest BCUT2D eigenvalue weighted by molar-refractivity contribution is -0.139. The largest absolute Gasteiger partial charge is 0.496 e. The average molecular weight is 396 g/mol. The van der Waals surface area contributed by atoms with Gasteiger partial charge in [0.05, 0.1) is 26.9 Å². The van der Waals surface area contributed by atoms with Gasteiger partial charge in [-0.25, -0.2) is 4.79 Å². The number of carbonyl (C=O) groups excluding carboxylic acids is 1. The lowest BCUT2D eigenvalue weighted by Crippen LogP contribution is -2.01. The lowest BCUT2D eigenvalue weighted by Gasteiger charge is -2.07. The molecule has 150 valence electrons. The van der Waals surface area contributed by atoms with Gasteiger partial charge in [0.25, 0.3) is 5.89 Å². The minimum atomic E-state index is -0.545. The maximum Gasteiger partial charge on any atom is 0.331 e. The van der Waals surface area contributed by atoms with Gasteiger partial charge in [-0.15, -0.1) is 0 Å². The van der Waals surface area contributed by atoms with E-state index in [0.29, 0.717) is 28.6 Å². The molecule has 8 heteroatoms. The van der Waals surface area contributed by atoms with Crippen molar-refractivity contribution in [2.75, 3.05) is 21.3 Å². The molecular formula is C21H20N2O6. The molecule has 29 heavy (non-hydrogen) atoms. The topological polar surface area (TPSA) is 92.9 Å². The number of benzene rings is 2. The van der Waals surface area contributed by atoms with Crippen molar-refractivity contribution in [2.45, 2.75) is 6.61 Å². The molecule has 0 aliphatic rings. The fourth-order valence-corrected chi connectivity index (χ4v) is 2.55. The van der Waals surface area contributed by atoms with Gasteiger partial charge in [0.15, 0.2) is 18.1 Å². The number of hydrogen-bond donors (Lipinski definition) is 0. The van der Waals surface area contributed by atoms with Crippen molar-refractivity contribution in [3.05, 3.63) is 60.0 Å². The van der Waals surface area contributed by atoms with Gasteiger partial charge in [0.1, 0.15) is 5.75 Å². The monoisotopic (exact) mass is 396 g/mol. The SMILES string of the molecule is COc1ccc(/C=C/C(=O)OCc2nc(-c3ccccc3OC)no2)cc1OC. The zero-order chi connectivity index (χ0) is 20.6. The number of hydrogen-bond acceptors (Lipinski definition) is 8. The molecule has 0 unspecified atom stereocenters. The van der Waals surface area contributed by atoms with Crippen LogP contribution in [0.2, 0.25) is 0 Å². The minimum Gasteiger partial charge on any atom is -0.496 e. The maximum absolute atomic E-state index is 12.0. The van der Waals surface area contributed by atoms with E-state index in [1.807, 2.05) is 18.2 Å². The summed E-state index contributed by atoms with van der Waals surface area (Å²) >= 11 is 0. The van der Waals surface area contributed by atoms with Crippen molar-refractivity contribution < 1.29 is 28.3 Å². The van der Waals surface area contributed by atoms with E-state index >= 15 is 0 Å². The van der Waals surface area contributed by atoms with Crippen LogP contribution in [0.15, 0.2) is 53.1 Å². The summed E-state index contributed by atoms with van der Waals surface area (Å²) in [6.45, 7) is -0.142. The zero-order valence-electron chi connectivity index (χ0n) is 16.2. The normalized spacial score (nSPS) is 10.7. The van der Waals surface area contributed by atoms with E-state index < -0.39 is 5.97 Å². The highest BCUT2D eigenvalue weighted by atomic mass is 16.6. The Bertz CT molecular complexity index is 1010. The summed E-state index contributed by atoms with van der Waals surface area (Å²) < 4.78 is 26.0. The minimum absolute atomic E-state index is 0.142. The van der Waals surface area contributed by atoms with Crippen molar-refractivity contribution >= 4 is 12.0 Å². The highest BCUT2D eigenvalue weighted by molar-refractivity contribution is 5.87. The van der Waals surface area contributed by atoms with Crippen LogP contribution in [-0.4, -0.2) is 37.4 Å². The van der Waals surface area contributed by atoms with Crippen LogP contribution >= 0.6 is 0 Å². The average Bonchev–Trinajstić information content (AvgIpc) is 3.24. The molecule has 0 amide bonds. The van der Waals surface area contributed by atoms with Crippen LogP contribution in [0.25, 0.3) is 17.5 Å². The Kier molecular flexibility index (Phi) is 6.47. The van der Waals surface area contributed by atoms with E-state index in [4.69, 9.17) is 23.5 Å². The summed E-state index contributed by atoms with van der Waals surface area (Å²) in [5.74, 6) is 1.78. The van der Waals surface area contributed by atoms with Gasteiger partial charge in [0.2, 0.25) is 5.82 Å². The van der Waals surface area contributed by atoms with Gasteiger partial charge in [0, 0.05) is 6.08 Å². The number of esters is 1. The van der Waals surface area contributed by atoms with Crippen LogP contribution in [0.4, 0.5) is 0 Å². The first-order valence-electron chi connectivity index (χ1n) is 8.67. The Hall–Kier alpha value is -3.81. The summed E-state index contributed by atoms with van der Waals surface area (Å²) in [5.41, 5.74) is 1.44. The molecule has 1 aromatic heterocycles. The van der Waals surface area contributed by atoms with Gasteiger partial charge < -0.3 is 23.5 Å². The molecule has 0 radical (unpaired) electrons. The van der Waals surface area contributed by atoms with Gasteiger partial charge in [-0.2, -0.15) is 4.98 Å². The maximum atomic E-state index is 12.0. The smallest absolute Gasteiger partial charge is 0.331 e. The molecule has 0 aliphatic heterocycles. The molecule has 3 rings (SSSR count). The van der Waals surface area contributed by atoms with Gasteiger partial charge in [-0.05, 0) is 35.9 Å². The second-order valence-corrected chi connectivity index (χ2v) is 5.77. The van der Waals surface area contributed by atoms with E-state index in [9.17, 15) is 4.79 Å². The van der Waals surface area contributed by atoms with Crippen LogP contribution < -0.4 is 14.2 Å². The Balaban J connectivity index is 1.60. The number of nitrogens with zero attached hydrogens (tertiary/aromatic N) is 2. The van der Waals surface area contributed by atoms with Gasteiger partial charge in [-0.3, -0.25) is 0 Å². The van der Waals surface area contributed by atoms with Crippen LogP contribution in [0, 0.1) is 0 Å². The predicted molar refractivity (Wildman–Crippen MR) is 105 cm³/mol. The summed E-state index contributed by atoms with van der Waals surface area (Å²) in [6.07, 6.45) is 2.91. The molecule has 0 saturated heterocycles. The Morgan fingerprint density at radius 2 is 1.76 bits per heavy atom. The number of ether oxygens (including phenoxy) is 4. The summed E-state index contributed by atoms with van der Waals surface area (Å²) in [4.78, 5) is 16.2. The Morgan fingerprint density at radius 1 is 1.00 bits per heavy atom. The van der Waals surface area contributed by atoms with E-state index in [-0.39, 0.29) is 12.5 Å². The molecule has 0 aliphatic carbocycles. The zero-order valence-corrected chi connectivity index (χ0v) is 16.2. The molecule has 2 aromatic carbocycles. The molecule has 0 fully saturated rings. The van der Waals surface area contributed by atoms with Crippen LogP contribution in [-0.2, 0) is 16.1 Å². The molecule has 0 atom stereocenters. The molecule has 0 saturated carbocycles. The first-order chi connectivity index (χ1) is 14.1. The van der Waals surface area contributed by atoms with Crippen LogP contribution in [0.3, 0.4) is 0 Å². The van der Waals surface area contributed by atoms with E-state index in [1.165, 1.54) is 6.08 Å². The number of methoxy groups -OCH3 is 3. The lowest BCUT2D eigenvalue weighted by atomic mass is 10.2. The molecule has 0 bridgehead atoms. The predicted octanol–water partition coefficient (Wildman–Crippen LogP) is 3.52. The fraction of sp³-hybridized carbons (Fsp3) is 0.190. The van der Waals surface area contributed by atoms with Crippen molar-refractivity contribution in [1.82, 2.24) is 10.1 Å². The fourth-order valence-electron chi connectivity index (χ4n) is 2.55. The second-order valence-electron chi connectivity index (χ2n) is 5.77. The number of aromatic nitrogens is 2. The third kappa shape index (κ3) is 4.92. The van der Waals surface area contributed by atoms with E-state index in [1.54, 1.807) is 51.7 Å². The second kappa shape index (κ2) is 9.41. The summed E-state index contributed by atoms with van der Waals surface area (Å²) in [7, 11) is 4.66. The van der Waals surface area contributed by atoms with Crippen molar-refractivity contribution in [2.24, 2.45) is 0 Å². The first-order valence-corrected chi connectivity index (χ1v) is 8.67. The van der Waals surface area contributed by atoms with Gasteiger partial charge in [-0.1, -0.05) is 23.4 Å². The van der Waals surface area contributed by atoms with Crippen molar-refractivity contribution in [3.63, 3.8) is 0 Å². The molecule has 1 heterocycles. The van der Waals surface area contributed by atoms with Crippen molar-refractivity contribution in [3.8, 4) is 28.6 Å². The molecule has 0 N–H and O–H groups in total. The van der Waals surface area contributed by atoms with Gasteiger partial charge >= 0.3 is 5.97 Å². The third-order valence-corrected chi connectivity index (χ3v) is 3.97. The number of rotatable bonds is 8. The number of para-hydroxylation sites is 1. The number of carbonyl (C=O) groups is 1. The van der Waals surface area contributed by atoms with Crippen LogP contribution in [0.5, 0.6) is 17.2 Å². The first kappa shape index (κ1) is 19.9. The standard InChI is InChI=1S/C21H20N2O6/c1-25-16-7-5-4-6-15(16)21-22-19(29-23-21)13-28-20(24)11-9-14-8-10-17(26-2)18(12-14)27-3/h4-12H,13H2,1-3H3/b11-9+.